The van der Waals surface area contributed by atoms with Crippen LogP contribution >= 0.6 is 11.6 Å². The number of fused-ring (bicyclic) bond motifs is 3. The monoisotopic (exact) mass is 596 g/mol. The van der Waals surface area contributed by atoms with Gasteiger partial charge in [0.05, 0.1) is 33.1 Å². The summed E-state index contributed by atoms with van der Waals surface area (Å²) in [4.78, 5) is 36.5. The predicted octanol–water partition coefficient (Wildman–Crippen LogP) is 4.39. The molecule has 0 unspecified atom stereocenters. The number of ether oxygens (including phenoxy) is 4. The third kappa shape index (κ3) is 6.27. The number of nitrogens with zero attached hydrogens (tertiary/aromatic N) is 3. The lowest BCUT2D eigenvalue weighted by atomic mass is 9.98. The molecule has 1 aliphatic heterocycles. The van der Waals surface area contributed by atoms with Crippen LogP contribution in [0.25, 0.3) is 5.69 Å². The van der Waals surface area contributed by atoms with Gasteiger partial charge in [-0.3, -0.25) is 19.0 Å². The van der Waals surface area contributed by atoms with E-state index in [0.29, 0.717) is 22.3 Å². The molecule has 42 heavy (non-hydrogen) atoms. The van der Waals surface area contributed by atoms with Crippen LogP contribution in [-0.2, 0) is 23.9 Å². The van der Waals surface area contributed by atoms with Crippen molar-refractivity contribution in [2.24, 2.45) is 0 Å². The van der Waals surface area contributed by atoms with Gasteiger partial charge < -0.3 is 24.3 Å². The molecule has 0 radical (unpaired) electrons. The number of rotatable bonds is 12. The molecule has 12 heteroatoms. The van der Waals surface area contributed by atoms with Gasteiger partial charge in [0.15, 0.2) is 23.1 Å². The van der Waals surface area contributed by atoms with Crippen molar-refractivity contribution in [3.8, 4) is 17.2 Å². The molecule has 1 amide bonds. The molecule has 0 spiro atoms. The first kappa shape index (κ1) is 29.5. The normalized spacial score (nSPS) is 17.4. The lowest BCUT2D eigenvalue weighted by Gasteiger charge is -2.25. The highest BCUT2D eigenvalue weighted by molar-refractivity contribution is 6.30. The van der Waals surface area contributed by atoms with Gasteiger partial charge in [0.1, 0.15) is 24.5 Å². The largest absolute Gasteiger partial charge is 0.493 e. The number of carbonyl (C=O) groups excluding carboxylic acids is 3. The number of carbonyl (C=O) groups is 3. The number of Topliss-reactive ketones (excluding diaryl/α,β-unsaturated/α-hetero) is 1. The molecule has 1 N–H and O–H groups in total. The molecule has 1 aliphatic carbocycles. The zero-order valence-corrected chi connectivity index (χ0v) is 24.5. The Morgan fingerprint density at radius 1 is 1.07 bits per heavy atom. The van der Waals surface area contributed by atoms with Crippen LogP contribution in [0, 0.1) is 0 Å². The van der Waals surface area contributed by atoms with E-state index in [9.17, 15) is 14.4 Å². The summed E-state index contributed by atoms with van der Waals surface area (Å²) in [5, 5.41) is 12.2. The molecule has 0 saturated heterocycles. The molecule has 1 fully saturated rings. The van der Waals surface area contributed by atoms with E-state index in [0.717, 1.165) is 35.5 Å². The zero-order valence-electron chi connectivity index (χ0n) is 23.7. The van der Waals surface area contributed by atoms with Crippen LogP contribution in [0.5, 0.6) is 11.5 Å². The predicted molar refractivity (Wildman–Crippen MR) is 152 cm³/mol. The number of nitrogens with one attached hydrogen (secondary N) is 1. The van der Waals surface area contributed by atoms with Gasteiger partial charge >= 0.3 is 5.97 Å². The van der Waals surface area contributed by atoms with Crippen molar-refractivity contribution in [2.45, 2.75) is 57.2 Å². The maximum Gasteiger partial charge on any atom is 0.313 e. The van der Waals surface area contributed by atoms with Crippen molar-refractivity contribution in [1.82, 2.24) is 20.1 Å². The minimum atomic E-state index is -0.642. The van der Waals surface area contributed by atoms with E-state index in [1.165, 1.54) is 0 Å². The molecule has 1 saturated carbocycles. The first-order valence-corrected chi connectivity index (χ1v) is 14.3. The Kier molecular flexibility index (Phi) is 9.08. The molecule has 222 valence electrons. The fourth-order valence-electron chi connectivity index (χ4n) is 5.15. The van der Waals surface area contributed by atoms with Crippen LogP contribution in [0.4, 0.5) is 0 Å². The van der Waals surface area contributed by atoms with E-state index >= 15 is 0 Å². The Labute approximate surface area is 248 Å². The van der Waals surface area contributed by atoms with E-state index in [1.807, 2.05) is 41.0 Å². The van der Waals surface area contributed by atoms with E-state index in [4.69, 9.17) is 30.5 Å². The SMILES string of the molecule is CCOC(=O)CC(=O)CNC(=O)CC[C@@H]1O[C@@H](c2cccc(OC)c2OC)c2cc(Cl)ccc2-n2c(C3CC3)nnc21. The number of para-hydroxylation sites is 1. The zero-order chi connectivity index (χ0) is 29.8. The highest BCUT2D eigenvalue weighted by Crippen LogP contribution is 2.48. The van der Waals surface area contributed by atoms with Gasteiger partial charge in [-0.15, -0.1) is 10.2 Å². The number of hydrogen-bond donors (Lipinski definition) is 1. The molecular formula is C30H33ClN4O7. The van der Waals surface area contributed by atoms with Crippen molar-refractivity contribution in [3.05, 3.63) is 64.2 Å². The smallest absolute Gasteiger partial charge is 0.313 e. The molecular weight excluding hydrogens is 564 g/mol. The van der Waals surface area contributed by atoms with Crippen LogP contribution in [0.15, 0.2) is 36.4 Å². The van der Waals surface area contributed by atoms with E-state index in [-0.39, 0.29) is 37.8 Å². The molecule has 5 rings (SSSR count). The highest BCUT2D eigenvalue weighted by atomic mass is 35.5. The van der Waals surface area contributed by atoms with Crippen molar-refractivity contribution >= 4 is 29.3 Å². The average Bonchev–Trinajstić information content (AvgIpc) is 3.76. The number of halogens is 1. The topological polar surface area (TPSA) is 131 Å². The van der Waals surface area contributed by atoms with Gasteiger partial charge in [-0.05, 0) is 50.5 Å². The summed E-state index contributed by atoms with van der Waals surface area (Å²) in [5.41, 5.74) is 2.37. The van der Waals surface area contributed by atoms with E-state index in [2.05, 4.69) is 15.5 Å². The van der Waals surface area contributed by atoms with Crippen LogP contribution in [0.1, 0.15) is 79.9 Å². The second-order valence-electron chi connectivity index (χ2n) is 10.2. The second-order valence-corrected chi connectivity index (χ2v) is 10.6. The Hall–Kier alpha value is -3.96. The Balaban J connectivity index is 1.46. The quantitative estimate of drug-likeness (QED) is 0.239. The van der Waals surface area contributed by atoms with Crippen molar-refractivity contribution < 1.29 is 33.3 Å². The van der Waals surface area contributed by atoms with Crippen LogP contribution in [-0.4, -0.2) is 59.8 Å². The number of esters is 1. The van der Waals surface area contributed by atoms with E-state index in [1.54, 1.807) is 21.1 Å². The van der Waals surface area contributed by atoms with Gasteiger partial charge in [0, 0.05) is 28.5 Å². The molecule has 11 nitrogen and oxygen atoms in total. The van der Waals surface area contributed by atoms with Crippen LogP contribution < -0.4 is 14.8 Å². The molecule has 1 aromatic heterocycles. The maximum absolute atomic E-state index is 12.8. The number of benzene rings is 2. The summed E-state index contributed by atoms with van der Waals surface area (Å²) < 4.78 is 24.9. The summed E-state index contributed by atoms with van der Waals surface area (Å²) in [6, 6.07) is 11.2. The number of hydrogen-bond acceptors (Lipinski definition) is 9. The van der Waals surface area contributed by atoms with Gasteiger partial charge in [-0.25, -0.2) is 0 Å². The summed E-state index contributed by atoms with van der Waals surface area (Å²) in [7, 11) is 3.14. The first-order valence-electron chi connectivity index (χ1n) is 13.9. The fourth-order valence-corrected chi connectivity index (χ4v) is 5.33. The Morgan fingerprint density at radius 2 is 1.86 bits per heavy atom. The molecule has 3 aromatic rings. The molecule has 2 aromatic carbocycles. The second kappa shape index (κ2) is 12.9. The van der Waals surface area contributed by atoms with Gasteiger partial charge in [0.25, 0.3) is 0 Å². The summed E-state index contributed by atoms with van der Waals surface area (Å²) in [6.07, 6.45) is 0.657. The van der Waals surface area contributed by atoms with Crippen LogP contribution in [0.3, 0.4) is 0 Å². The summed E-state index contributed by atoms with van der Waals surface area (Å²) in [5.74, 6) is 1.37. The number of amides is 1. The maximum atomic E-state index is 12.8. The first-order chi connectivity index (χ1) is 20.3. The Morgan fingerprint density at radius 3 is 2.57 bits per heavy atom. The standard InChI is InChI=1S/C30H33ClN4O7/c1-4-41-26(38)15-19(36)16-32-25(37)13-12-24-30-34-33-29(17-8-9-17)35(30)22-11-10-18(31)14-21(22)27(42-24)20-6-5-7-23(39-2)28(20)40-3/h5-7,10-11,14,17,24,27H,4,8-9,12-13,15-16H2,1-3H3,(H,32,37)/t24-,27-/m0/s1. The molecule has 0 bridgehead atoms. The fraction of sp³-hybridized carbons (Fsp3) is 0.433. The molecule has 2 heterocycles. The van der Waals surface area contributed by atoms with Gasteiger partial charge in [0.2, 0.25) is 5.91 Å². The number of methoxy groups -OCH3 is 2. The van der Waals surface area contributed by atoms with Crippen molar-refractivity contribution in [3.63, 3.8) is 0 Å². The lowest BCUT2D eigenvalue weighted by molar-refractivity contribution is -0.145. The Bertz CT molecular complexity index is 1490. The summed E-state index contributed by atoms with van der Waals surface area (Å²) in [6.45, 7) is 1.58. The lowest BCUT2D eigenvalue weighted by Crippen LogP contribution is -2.31. The number of aromatic nitrogens is 3. The summed E-state index contributed by atoms with van der Waals surface area (Å²) >= 11 is 6.52. The van der Waals surface area contributed by atoms with Crippen molar-refractivity contribution in [1.29, 1.82) is 0 Å². The third-order valence-electron chi connectivity index (χ3n) is 7.24. The van der Waals surface area contributed by atoms with Crippen molar-refractivity contribution in [2.75, 3.05) is 27.4 Å². The van der Waals surface area contributed by atoms with Crippen LogP contribution in [0.2, 0.25) is 5.02 Å². The highest BCUT2D eigenvalue weighted by Gasteiger charge is 2.39. The minimum Gasteiger partial charge on any atom is -0.493 e. The third-order valence-corrected chi connectivity index (χ3v) is 7.47. The number of ketones is 1. The van der Waals surface area contributed by atoms with E-state index < -0.39 is 30.4 Å². The molecule has 2 atom stereocenters. The van der Waals surface area contributed by atoms with Gasteiger partial charge in [-0.2, -0.15) is 0 Å². The average molecular weight is 597 g/mol. The van der Waals surface area contributed by atoms with Gasteiger partial charge in [-0.1, -0.05) is 23.7 Å². The molecule has 2 aliphatic rings. The minimum absolute atomic E-state index is 0.0437.